The van der Waals surface area contributed by atoms with E-state index in [-0.39, 0.29) is 5.91 Å². The monoisotopic (exact) mass is 284 g/mol. The van der Waals surface area contributed by atoms with E-state index >= 15 is 0 Å². The van der Waals surface area contributed by atoms with Crippen molar-refractivity contribution in [2.75, 3.05) is 7.05 Å². The third-order valence-corrected chi connectivity index (χ3v) is 4.98. The minimum Gasteiger partial charge on any atom is -0.345 e. The van der Waals surface area contributed by atoms with Crippen molar-refractivity contribution in [1.82, 2.24) is 20.2 Å². The lowest BCUT2D eigenvalue weighted by Crippen LogP contribution is -2.48. The Morgan fingerprint density at radius 2 is 2.05 bits per heavy atom. The summed E-state index contributed by atoms with van der Waals surface area (Å²) in [7, 11) is 1.94. The lowest BCUT2D eigenvalue weighted by Gasteiger charge is -2.35. The molecule has 2 N–H and O–H groups in total. The van der Waals surface area contributed by atoms with Crippen LogP contribution in [0.4, 0.5) is 0 Å². The molecule has 2 aliphatic heterocycles. The molecule has 2 unspecified atom stereocenters. The van der Waals surface area contributed by atoms with Crippen LogP contribution in [-0.4, -0.2) is 45.9 Å². The van der Waals surface area contributed by atoms with Gasteiger partial charge in [-0.25, -0.2) is 4.98 Å². The van der Waals surface area contributed by atoms with Crippen molar-refractivity contribution >= 4 is 16.9 Å². The third-order valence-electron chi connectivity index (χ3n) is 4.98. The number of H-pyrrole nitrogens is 1. The number of aromatic amines is 1. The van der Waals surface area contributed by atoms with Crippen LogP contribution in [-0.2, 0) is 0 Å². The number of imidazole rings is 1. The first kappa shape index (κ1) is 12.8. The Balaban J connectivity index is 1.55. The number of hydrogen-bond acceptors (Lipinski definition) is 3. The summed E-state index contributed by atoms with van der Waals surface area (Å²) in [6.07, 6.45) is 6.32. The molecule has 1 aromatic heterocycles. The number of nitrogens with zero attached hydrogens (tertiary/aromatic N) is 2. The highest BCUT2D eigenvalue weighted by atomic mass is 16.2. The molecular formula is C16H20N4O. The van der Waals surface area contributed by atoms with E-state index in [4.69, 9.17) is 0 Å². The molecule has 2 aromatic rings. The van der Waals surface area contributed by atoms with Gasteiger partial charge in [-0.1, -0.05) is 0 Å². The Morgan fingerprint density at radius 3 is 2.81 bits per heavy atom. The van der Waals surface area contributed by atoms with E-state index < -0.39 is 0 Å². The van der Waals surface area contributed by atoms with Crippen LogP contribution < -0.4 is 5.32 Å². The zero-order valence-corrected chi connectivity index (χ0v) is 12.2. The van der Waals surface area contributed by atoms with Gasteiger partial charge in [0.15, 0.2) is 0 Å². The molecule has 4 rings (SSSR count). The van der Waals surface area contributed by atoms with Gasteiger partial charge in [0.05, 0.1) is 17.4 Å². The maximum Gasteiger partial charge on any atom is 0.253 e. The van der Waals surface area contributed by atoms with E-state index in [1.54, 1.807) is 6.33 Å². The maximum atomic E-state index is 12.7. The molecule has 1 amide bonds. The molecule has 0 radical (unpaired) electrons. The number of fused-ring (bicyclic) bond motifs is 3. The van der Waals surface area contributed by atoms with Crippen molar-refractivity contribution in [1.29, 1.82) is 0 Å². The fourth-order valence-corrected chi connectivity index (χ4v) is 3.78. The van der Waals surface area contributed by atoms with E-state index in [1.165, 1.54) is 12.8 Å². The predicted molar refractivity (Wildman–Crippen MR) is 81.2 cm³/mol. The fourth-order valence-electron chi connectivity index (χ4n) is 3.78. The summed E-state index contributed by atoms with van der Waals surface area (Å²) < 4.78 is 0. The summed E-state index contributed by atoms with van der Waals surface area (Å²) in [4.78, 5) is 21.9. The van der Waals surface area contributed by atoms with Crippen molar-refractivity contribution in [3.63, 3.8) is 0 Å². The number of rotatable bonds is 2. The molecule has 110 valence electrons. The summed E-state index contributed by atoms with van der Waals surface area (Å²) >= 11 is 0. The van der Waals surface area contributed by atoms with Crippen LogP contribution in [0.15, 0.2) is 24.5 Å². The van der Waals surface area contributed by atoms with Crippen LogP contribution in [0, 0.1) is 0 Å². The van der Waals surface area contributed by atoms with Crippen LogP contribution in [0.25, 0.3) is 11.0 Å². The van der Waals surface area contributed by atoms with E-state index in [2.05, 4.69) is 15.3 Å². The normalized spacial score (nSPS) is 28.0. The van der Waals surface area contributed by atoms with Gasteiger partial charge in [-0.2, -0.15) is 0 Å². The predicted octanol–water partition coefficient (Wildman–Crippen LogP) is 1.92. The van der Waals surface area contributed by atoms with Crippen molar-refractivity contribution < 1.29 is 4.79 Å². The molecule has 3 heterocycles. The van der Waals surface area contributed by atoms with Gasteiger partial charge in [0.2, 0.25) is 0 Å². The van der Waals surface area contributed by atoms with E-state index in [0.29, 0.717) is 18.1 Å². The van der Waals surface area contributed by atoms with Crippen molar-refractivity contribution in [3.05, 3.63) is 30.1 Å². The average Bonchev–Trinajstić information content (AvgIpc) is 3.11. The van der Waals surface area contributed by atoms with Crippen LogP contribution in [0.5, 0.6) is 0 Å². The molecule has 21 heavy (non-hydrogen) atoms. The molecule has 1 aromatic carbocycles. The first-order valence-electron chi connectivity index (χ1n) is 7.67. The first-order chi connectivity index (χ1) is 10.2. The van der Waals surface area contributed by atoms with Gasteiger partial charge in [-0.05, 0) is 43.9 Å². The number of hydrogen-bond donors (Lipinski definition) is 2. The summed E-state index contributed by atoms with van der Waals surface area (Å²) in [5, 5.41) is 3.62. The second-order valence-corrected chi connectivity index (χ2v) is 6.31. The second-order valence-electron chi connectivity index (χ2n) is 6.31. The standard InChI is InChI=1S/C16H20N4O/c1-20(13-7-11-3-4-12(8-13)19-11)16(21)10-2-5-14-15(6-10)18-9-17-14/h2,5-6,9,11-13,19H,3-4,7-8H2,1H3,(H,17,18). The third kappa shape index (κ3) is 2.21. The number of carbonyl (C=O) groups excluding carboxylic acids is 1. The zero-order valence-electron chi connectivity index (χ0n) is 12.2. The Labute approximate surface area is 123 Å². The number of aromatic nitrogens is 2. The van der Waals surface area contributed by atoms with Crippen molar-refractivity contribution in [2.24, 2.45) is 0 Å². The Kier molecular flexibility index (Phi) is 2.96. The van der Waals surface area contributed by atoms with Crippen LogP contribution in [0.1, 0.15) is 36.0 Å². The second kappa shape index (κ2) is 4.84. The van der Waals surface area contributed by atoms with Crippen molar-refractivity contribution in [3.8, 4) is 0 Å². The molecule has 2 atom stereocenters. The van der Waals surface area contributed by atoms with Gasteiger partial charge in [-0.3, -0.25) is 4.79 Å². The van der Waals surface area contributed by atoms with Gasteiger partial charge in [-0.15, -0.1) is 0 Å². The highest BCUT2D eigenvalue weighted by Gasteiger charge is 2.36. The van der Waals surface area contributed by atoms with Gasteiger partial charge in [0.1, 0.15) is 0 Å². The molecule has 2 aliphatic rings. The largest absolute Gasteiger partial charge is 0.345 e. The highest BCUT2D eigenvalue weighted by Crippen LogP contribution is 2.30. The smallest absolute Gasteiger partial charge is 0.253 e. The lowest BCUT2D eigenvalue weighted by molar-refractivity contribution is 0.0682. The number of benzene rings is 1. The molecule has 2 bridgehead atoms. The zero-order chi connectivity index (χ0) is 14.4. The Hall–Kier alpha value is -1.88. The minimum atomic E-state index is 0.109. The van der Waals surface area contributed by atoms with E-state index in [1.807, 2.05) is 30.1 Å². The molecule has 2 fully saturated rings. The van der Waals surface area contributed by atoms with Crippen LogP contribution in [0.3, 0.4) is 0 Å². The summed E-state index contributed by atoms with van der Waals surface area (Å²) in [5.74, 6) is 0.109. The lowest BCUT2D eigenvalue weighted by atomic mass is 9.98. The molecule has 0 saturated carbocycles. The number of amides is 1. The van der Waals surface area contributed by atoms with Crippen LogP contribution >= 0.6 is 0 Å². The Morgan fingerprint density at radius 1 is 1.29 bits per heavy atom. The van der Waals surface area contributed by atoms with Gasteiger partial charge >= 0.3 is 0 Å². The molecule has 5 nitrogen and oxygen atoms in total. The Bertz CT molecular complexity index is 668. The van der Waals surface area contributed by atoms with Gasteiger partial charge in [0, 0.05) is 30.7 Å². The number of piperidine rings is 1. The SMILES string of the molecule is CN(C(=O)c1ccc2nc[nH]c2c1)C1CC2CCC(C1)N2. The van der Waals surface area contributed by atoms with E-state index in [9.17, 15) is 4.79 Å². The van der Waals surface area contributed by atoms with Crippen molar-refractivity contribution in [2.45, 2.75) is 43.8 Å². The molecule has 2 saturated heterocycles. The molecule has 0 aliphatic carbocycles. The first-order valence-corrected chi connectivity index (χ1v) is 7.67. The maximum absolute atomic E-state index is 12.7. The molecule has 0 spiro atoms. The quantitative estimate of drug-likeness (QED) is 0.885. The van der Waals surface area contributed by atoms with Crippen LogP contribution in [0.2, 0.25) is 0 Å². The van der Waals surface area contributed by atoms with Gasteiger partial charge in [0.25, 0.3) is 5.91 Å². The summed E-state index contributed by atoms with van der Waals surface area (Å²) in [6.45, 7) is 0. The average molecular weight is 284 g/mol. The number of nitrogens with one attached hydrogen (secondary N) is 2. The van der Waals surface area contributed by atoms with Gasteiger partial charge < -0.3 is 15.2 Å². The minimum absolute atomic E-state index is 0.109. The highest BCUT2D eigenvalue weighted by molar-refractivity contribution is 5.97. The fraction of sp³-hybridized carbons (Fsp3) is 0.500. The summed E-state index contributed by atoms with van der Waals surface area (Å²) in [6, 6.07) is 7.22. The molecule has 5 heteroatoms. The number of carbonyl (C=O) groups is 1. The topological polar surface area (TPSA) is 61.0 Å². The van der Waals surface area contributed by atoms with E-state index in [0.717, 1.165) is 29.4 Å². The molecular weight excluding hydrogens is 264 g/mol. The summed E-state index contributed by atoms with van der Waals surface area (Å²) in [5.41, 5.74) is 2.55.